The highest BCUT2D eigenvalue weighted by Gasteiger charge is 2.15. The summed E-state index contributed by atoms with van der Waals surface area (Å²) in [4.78, 5) is 4.78. The summed E-state index contributed by atoms with van der Waals surface area (Å²) in [6.07, 6.45) is 0. The van der Waals surface area contributed by atoms with Gasteiger partial charge in [-0.3, -0.25) is 0 Å². The van der Waals surface area contributed by atoms with Gasteiger partial charge in [0.2, 0.25) is 0 Å². The van der Waals surface area contributed by atoms with E-state index in [4.69, 9.17) is 21.3 Å². The van der Waals surface area contributed by atoms with Crippen LogP contribution in [0.15, 0.2) is 60.7 Å². The molecule has 0 amide bonds. The van der Waals surface area contributed by atoms with Crippen LogP contribution in [-0.2, 0) is 0 Å². The number of hydrogen-bond donors (Lipinski definition) is 0. The van der Waals surface area contributed by atoms with E-state index in [-0.39, 0.29) is 0 Å². The number of benzene rings is 3. The molecular weight excluding hydrogens is 348 g/mol. The molecule has 2 heterocycles. The van der Waals surface area contributed by atoms with Crippen molar-refractivity contribution in [2.24, 2.45) is 0 Å². The zero-order valence-electron chi connectivity index (χ0n) is 13.8. The van der Waals surface area contributed by atoms with Gasteiger partial charge in [0.05, 0.1) is 29.3 Å². The van der Waals surface area contributed by atoms with Gasteiger partial charge < -0.3 is 4.74 Å². The second kappa shape index (κ2) is 5.68. The third-order valence-electron chi connectivity index (χ3n) is 4.48. The van der Waals surface area contributed by atoms with Crippen molar-refractivity contribution >= 4 is 44.4 Å². The number of aromatic nitrogens is 4. The van der Waals surface area contributed by atoms with Gasteiger partial charge in [0.15, 0.2) is 0 Å². The van der Waals surface area contributed by atoms with Gasteiger partial charge in [-0.1, -0.05) is 28.9 Å². The van der Waals surface area contributed by atoms with E-state index in [1.54, 1.807) is 7.11 Å². The molecule has 5 rings (SSSR count). The molecule has 0 saturated heterocycles. The van der Waals surface area contributed by atoms with Gasteiger partial charge in [-0.05, 0) is 42.5 Å². The van der Waals surface area contributed by atoms with E-state index < -0.39 is 0 Å². The topological polar surface area (TPSA) is 52.8 Å². The average molecular weight is 361 g/mol. The SMILES string of the molecule is COc1ccc2c(-n3nnc4ccccc43)c3cc(Cl)ccc3nc2c1. The first-order chi connectivity index (χ1) is 12.7. The van der Waals surface area contributed by atoms with Crippen LogP contribution in [0.3, 0.4) is 0 Å². The van der Waals surface area contributed by atoms with E-state index in [1.807, 2.05) is 65.3 Å². The number of para-hydroxylation sites is 1. The zero-order chi connectivity index (χ0) is 17.7. The Kier molecular flexibility index (Phi) is 3.30. The molecule has 0 radical (unpaired) electrons. The van der Waals surface area contributed by atoms with Crippen LogP contribution in [0.4, 0.5) is 0 Å². The lowest BCUT2D eigenvalue weighted by atomic mass is 10.1. The Morgan fingerprint density at radius 2 is 1.77 bits per heavy atom. The fourth-order valence-corrected chi connectivity index (χ4v) is 3.44. The van der Waals surface area contributed by atoms with Crippen LogP contribution in [-0.4, -0.2) is 27.1 Å². The summed E-state index contributed by atoms with van der Waals surface area (Å²) in [7, 11) is 1.65. The van der Waals surface area contributed by atoms with Crippen molar-refractivity contribution in [2.45, 2.75) is 0 Å². The van der Waals surface area contributed by atoms with Crippen molar-refractivity contribution in [3.05, 3.63) is 65.7 Å². The van der Waals surface area contributed by atoms with Crippen LogP contribution in [0.2, 0.25) is 5.02 Å². The highest BCUT2D eigenvalue weighted by molar-refractivity contribution is 6.31. The number of methoxy groups -OCH3 is 1. The van der Waals surface area contributed by atoms with Crippen molar-refractivity contribution in [1.82, 2.24) is 20.0 Å². The maximum atomic E-state index is 6.28. The molecule has 0 aliphatic heterocycles. The summed E-state index contributed by atoms with van der Waals surface area (Å²) < 4.78 is 7.21. The molecule has 2 aromatic heterocycles. The fraction of sp³-hybridized carbons (Fsp3) is 0.0500. The second-order valence-corrected chi connectivity index (χ2v) is 6.43. The van der Waals surface area contributed by atoms with Gasteiger partial charge in [0.25, 0.3) is 0 Å². The Balaban J connectivity index is 1.98. The number of fused-ring (bicyclic) bond motifs is 3. The van der Waals surface area contributed by atoms with Crippen molar-refractivity contribution in [2.75, 3.05) is 7.11 Å². The lowest BCUT2D eigenvalue weighted by molar-refractivity contribution is 0.415. The molecule has 126 valence electrons. The van der Waals surface area contributed by atoms with Crippen LogP contribution >= 0.6 is 11.6 Å². The molecule has 26 heavy (non-hydrogen) atoms. The molecule has 0 bridgehead atoms. The van der Waals surface area contributed by atoms with Crippen LogP contribution in [0.1, 0.15) is 0 Å². The summed E-state index contributed by atoms with van der Waals surface area (Å²) in [6, 6.07) is 19.4. The molecule has 0 aliphatic carbocycles. The Bertz CT molecular complexity index is 1300. The van der Waals surface area contributed by atoms with Crippen molar-refractivity contribution in [3.8, 4) is 11.4 Å². The number of rotatable bonds is 2. The predicted octanol–water partition coefficient (Wildman–Crippen LogP) is 4.78. The lowest BCUT2D eigenvalue weighted by Crippen LogP contribution is -2.01. The number of hydrogen-bond acceptors (Lipinski definition) is 4. The number of nitrogens with zero attached hydrogens (tertiary/aromatic N) is 4. The monoisotopic (exact) mass is 360 g/mol. The number of pyridine rings is 1. The molecule has 0 unspecified atom stereocenters. The van der Waals surface area contributed by atoms with E-state index in [0.717, 1.165) is 44.3 Å². The molecular formula is C20H13ClN4O. The van der Waals surface area contributed by atoms with Crippen molar-refractivity contribution in [3.63, 3.8) is 0 Å². The van der Waals surface area contributed by atoms with Gasteiger partial charge in [0.1, 0.15) is 11.3 Å². The zero-order valence-corrected chi connectivity index (χ0v) is 14.6. The Morgan fingerprint density at radius 1 is 0.885 bits per heavy atom. The second-order valence-electron chi connectivity index (χ2n) is 5.99. The summed E-state index contributed by atoms with van der Waals surface area (Å²) >= 11 is 6.28. The van der Waals surface area contributed by atoms with E-state index in [2.05, 4.69) is 10.3 Å². The molecule has 0 saturated carbocycles. The summed E-state index contributed by atoms with van der Waals surface area (Å²) in [5.41, 5.74) is 4.33. The third-order valence-corrected chi connectivity index (χ3v) is 4.71. The van der Waals surface area contributed by atoms with Crippen molar-refractivity contribution in [1.29, 1.82) is 0 Å². The normalized spacial score (nSPS) is 11.5. The molecule has 0 aliphatic rings. The fourth-order valence-electron chi connectivity index (χ4n) is 3.26. The first-order valence-electron chi connectivity index (χ1n) is 8.12. The van der Waals surface area contributed by atoms with Crippen LogP contribution in [0, 0.1) is 0 Å². The Hall–Kier alpha value is -3.18. The molecule has 5 nitrogen and oxygen atoms in total. The maximum Gasteiger partial charge on any atom is 0.121 e. The largest absolute Gasteiger partial charge is 0.497 e. The van der Waals surface area contributed by atoms with Gasteiger partial charge in [-0.2, -0.15) is 0 Å². The van der Waals surface area contributed by atoms with Gasteiger partial charge in [-0.25, -0.2) is 9.67 Å². The van der Waals surface area contributed by atoms with E-state index in [0.29, 0.717) is 5.02 Å². The minimum atomic E-state index is 0.651. The standard InChI is InChI=1S/C20H13ClN4O/c1-26-13-7-8-14-18(11-13)22-16-9-6-12(21)10-15(16)20(14)25-19-5-3-2-4-17(19)23-24-25/h2-11H,1H3. The summed E-state index contributed by atoms with van der Waals surface area (Å²) in [5, 5.41) is 11.2. The minimum Gasteiger partial charge on any atom is -0.497 e. The highest BCUT2D eigenvalue weighted by Crippen LogP contribution is 2.33. The highest BCUT2D eigenvalue weighted by atomic mass is 35.5. The Labute approximate surface area is 153 Å². The minimum absolute atomic E-state index is 0.651. The van der Waals surface area contributed by atoms with Crippen LogP contribution in [0.25, 0.3) is 38.5 Å². The molecule has 5 aromatic rings. The molecule has 3 aromatic carbocycles. The molecule has 6 heteroatoms. The number of ether oxygens (including phenoxy) is 1. The maximum absolute atomic E-state index is 6.28. The van der Waals surface area contributed by atoms with Gasteiger partial charge in [0, 0.05) is 21.9 Å². The van der Waals surface area contributed by atoms with Crippen molar-refractivity contribution < 1.29 is 4.74 Å². The van der Waals surface area contributed by atoms with E-state index in [1.165, 1.54) is 0 Å². The molecule has 0 atom stereocenters. The third kappa shape index (κ3) is 2.21. The van der Waals surface area contributed by atoms with Crippen LogP contribution < -0.4 is 4.74 Å². The lowest BCUT2D eigenvalue weighted by Gasteiger charge is -2.12. The molecule has 0 spiro atoms. The van der Waals surface area contributed by atoms with E-state index in [9.17, 15) is 0 Å². The average Bonchev–Trinajstić information content (AvgIpc) is 3.09. The van der Waals surface area contributed by atoms with Gasteiger partial charge >= 0.3 is 0 Å². The quantitative estimate of drug-likeness (QED) is 0.425. The van der Waals surface area contributed by atoms with Crippen LogP contribution in [0.5, 0.6) is 5.75 Å². The number of halogens is 1. The Morgan fingerprint density at radius 3 is 2.65 bits per heavy atom. The summed E-state index contributed by atoms with van der Waals surface area (Å²) in [5.74, 6) is 0.757. The first kappa shape index (κ1) is 15.1. The molecule has 0 N–H and O–H groups in total. The van der Waals surface area contributed by atoms with Gasteiger partial charge in [-0.15, -0.1) is 5.10 Å². The van der Waals surface area contributed by atoms with E-state index >= 15 is 0 Å². The first-order valence-corrected chi connectivity index (χ1v) is 8.50. The summed E-state index contributed by atoms with van der Waals surface area (Å²) in [6.45, 7) is 0. The predicted molar refractivity (Wildman–Crippen MR) is 103 cm³/mol. The smallest absolute Gasteiger partial charge is 0.121 e. The molecule has 0 fully saturated rings.